The minimum Gasteiger partial charge on any atom is -0.390 e. The third-order valence-corrected chi connectivity index (χ3v) is 1.50. The number of aromatic nitrogens is 1. The van der Waals surface area contributed by atoms with Crippen LogP contribution in [0.5, 0.6) is 0 Å². The van der Waals surface area contributed by atoms with Crippen LogP contribution in [0, 0.1) is 5.82 Å². The molecule has 0 aliphatic heterocycles. The van der Waals surface area contributed by atoms with Crippen LogP contribution in [-0.4, -0.2) is 29.2 Å². The van der Waals surface area contributed by atoms with Gasteiger partial charge >= 0.3 is 0 Å². The maximum absolute atomic E-state index is 12.8. The van der Waals surface area contributed by atoms with E-state index in [4.69, 9.17) is 5.11 Å². The molecule has 0 radical (unpaired) electrons. The number of anilines is 1. The molecule has 0 fully saturated rings. The van der Waals surface area contributed by atoms with Crippen LogP contribution in [0.25, 0.3) is 0 Å². The van der Waals surface area contributed by atoms with E-state index in [0.717, 1.165) is 6.07 Å². The Morgan fingerprint density at radius 1 is 1.50 bits per heavy atom. The molecule has 14 heavy (non-hydrogen) atoms. The average Bonchev–Trinajstić information content (AvgIpc) is 2.17. The zero-order valence-electron chi connectivity index (χ0n) is 7.17. The predicted molar refractivity (Wildman–Crippen MR) is 44.7 cm³/mol. The highest BCUT2D eigenvalue weighted by molar-refractivity contribution is 5.35. The van der Waals surface area contributed by atoms with E-state index in [2.05, 4.69) is 10.3 Å². The molecule has 0 saturated heterocycles. The molecule has 0 atom stereocenters. The normalized spacial score (nSPS) is 11.4. The summed E-state index contributed by atoms with van der Waals surface area (Å²) in [5, 5.41) is 10.3. The minimum atomic E-state index is -3.27. The SMILES string of the molecule is OCC(F)(F)CNc1ncccc1F. The number of alkyl halides is 2. The van der Waals surface area contributed by atoms with E-state index in [1.54, 1.807) is 0 Å². The minimum absolute atomic E-state index is 0.249. The monoisotopic (exact) mass is 206 g/mol. The number of hydrogen-bond donors (Lipinski definition) is 2. The number of nitrogens with one attached hydrogen (secondary N) is 1. The van der Waals surface area contributed by atoms with Crippen molar-refractivity contribution in [3.63, 3.8) is 0 Å². The van der Waals surface area contributed by atoms with Gasteiger partial charge in [-0.25, -0.2) is 18.2 Å². The third kappa shape index (κ3) is 2.88. The van der Waals surface area contributed by atoms with E-state index in [1.165, 1.54) is 12.3 Å². The number of aliphatic hydroxyl groups excluding tert-OH is 1. The molecule has 78 valence electrons. The van der Waals surface area contributed by atoms with Crippen molar-refractivity contribution in [2.24, 2.45) is 0 Å². The van der Waals surface area contributed by atoms with E-state index in [0.29, 0.717) is 0 Å². The topological polar surface area (TPSA) is 45.1 Å². The van der Waals surface area contributed by atoms with Gasteiger partial charge in [0.2, 0.25) is 0 Å². The second-order valence-corrected chi connectivity index (χ2v) is 2.70. The molecule has 1 heterocycles. The summed E-state index contributed by atoms with van der Waals surface area (Å²) >= 11 is 0. The lowest BCUT2D eigenvalue weighted by atomic mass is 10.3. The van der Waals surface area contributed by atoms with E-state index < -0.39 is 24.9 Å². The predicted octanol–water partition coefficient (Wildman–Crippen LogP) is 1.26. The molecule has 0 aromatic carbocycles. The second-order valence-electron chi connectivity index (χ2n) is 2.70. The molecule has 0 aliphatic rings. The van der Waals surface area contributed by atoms with Crippen molar-refractivity contribution in [1.29, 1.82) is 0 Å². The molecule has 0 spiro atoms. The zero-order chi connectivity index (χ0) is 10.6. The summed E-state index contributed by atoms with van der Waals surface area (Å²) in [4.78, 5) is 3.51. The first-order valence-corrected chi connectivity index (χ1v) is 3.88. The average molecular weight is 206 g/mol. The molecule has 6 heteroatoms. The number of rotatable bonds is 4. The summed E-state index contributed by atoms with van der Waals surface area (Å²) < 4.78 is 37.9. The molecule has 0 aliphatic carbocycles. The van der Waals surface area contributed by atoms with Crippen molar-refractivity contribution >= 4 is 5.82 Å². The Balaban J connectivity index is 2.58. The van der Waals surface area contributed by atoms with E-state index >= 15 is 0 Å². The number of nitrogens with zero attached hydrogens (tertiary/aromatic N) is 1. The van der Waals surface area contributed by atoms with Gasteiger partial charge < -0.3 is 10.4 Å². The lowest BCUT2D eigenvalue weighted by Gasteiger charge is -2.14. The molecular formula is C8H9F3N2O. The first kappa shape index (κ1) is 10.8. The summed E-state index contributed by atoms with van der Waals surface area (Å²) in [6.07, 6.45) is 1.28. The molecule has 1 aromatic rings. The third-order valence-electron chi connectivity index (χ3n) is 1.50. The molecule has 1 rings (SSSR count). The van der Waals surface area contributed by atoms with Gasteiger partial charge in [0.15, 0.2) is 11.6 Å². The van der Waals surface area contributed by atoms with Crippen molar-refractivity contribution in [3.05, 3.63) is 24.1 Å². The zero-order valence-corrected chi connectivity index (χ0v) is 7.17. The molecule has 0 saturated carbocycles. The Labute approximate surface area is 78.6 Å². The summed E-state index contributed by atoms with van der Waals surface area (Å²) in [7, 11) is 0. The summed E-state index contributed by atoms with van der Waals surface area (Å²) in [5.41, 5.74) is 0. The van der Waals surface area contributed by atoms with E-state index in [9.17, 15) is 13.2 Å². The summed E-state index contributed by atoms with van der Waals surface area (Å²) in [6.45, 7) is -2.13. The number of aliphatic hydroxyl groups is 1. The Morgan fingerprint density at radius 3 is 2.79 bits per heavy atom. The Morgan fingerprint density at radius 2 is 2.21 bits per heavy atom. The van der Waals surface area contributed by atoms with E-state index in [-0.39, 0.29) is 5.82 Å². The highest BCUT2D eigenvalue weighted by Gasteiger charge is 2.27. The standard InChI is InChI=1S/C8H9F3N2O/c9-6-2-1-3-12-7(6)13-4-8(10,11)5-14/h1-3,14H,4-5H2,(H,12,13). The van der Waals surface area contributed by atoms with Crippen LogP contribution in [-0.2, 0) is 0 Å². The fourth-order valence-corrected chi connectivity index (χ4v) is 0.785. The van der Waals surface area contributed by atoms with E-state index in [1.807, 2.05) is 0 Å². The van der Waals surface area contributed by atoms with Crippen molar-refractivity contribution in [2.45, 2.75) is 5.92 Å². The first-order valence-electron chi connectivity index (χ1n) is 3.88. The summed E-state index contributed by atoms with van der Waals surface area (Å²) in [5.74, 6) is -4.23. The van der Waals surface area contributed by atoms with Gasteiger partial charge in [0.1, 0.15) is 6.61 Å². The molecule has 3 nitrogen and oxygen atoms in total. The fraction of sp³-hybridized carbons (Fsp3) is 0.375. The van der Waals surface area contributed by atoms with Gasteiger partial charge in [-0.15, -0.1) is 0 Å². The van der Waals surface area contributed by atoms with Gasteiger partial charge in [-0.3, -0.25) is 0 Å². The molecule has 0 bridgehead atoms. The van der Waals surface area contributed by atoms with Crippen LogP contribution in [0.2, 0.25) is 0 Å². The molecule has 1 aromatic heterocycles. The smallest absolute Gasteiger partial charge is 0.287 e. The molecule has 0 unspecified atom stereocenters. The van der Waals surface area contributed by atoms with Gasteiger partial charge in [0, 0.05) is 6.20 Å². The quantitative estimate of drug-likeness (QED) is 0.779. The van der Waals surface area contributed by atoms with Gasteiger partial charge in [-0.2, -0.15) is 0 Å². The van der Waals surface area contributed by atoms with Crippen molar-refractivity contribution < 1.29 is 18.3 Å². The molecule has 0 amide bonds. The highest BCUT2D eigenvalue weighted by atomic mass is 19.3. The highest BCUT2D eigenvalue weighted by Crippen LogP contribution is 2.14. The Bertz CT molecular complexity index is 306. The molecule has 2 N–H and O–H groups in total. The fourth-order valence-electron chi connectivity index (χ4n) is 0.785. The lowest BCUT2D eigenvalue weighted by Crippen LogP contribution is -2.31. The van der Waals surface area contributed by atoms with Gasteiger partial charge in [0.05, 0.1) is 6.54 Å². The van der Waals surface area contributed by atoms with Gasteiger partial charge in [-0.1, -0.05) is 0 Å². The number of halogens is 3. The second kappa shape index (κ2) is 4.28. The summed E-state index contributed by atoms with van der Waals surface area (Å²) in [6, 6.07) is 2.46. The van der Waals surface area contributed by atoms with Gasteiger partial charge in [0.25, 0.3) is 5.92 Å². The van der Waals surface area contributed by atoms with Crippen LogP contribution in [0.15, 0.2) is 18.3 Å². The van der Waals surface area contributed by atoms with Crippen molar-refractivity contribution in [3.8, 4) is 0 Å². The van der Waals surface area contributed by atoms with Gasteiger partial charge in [-0.05, 0) is 12.1 Å². The van der Waals surface area contributed by atoms with Crippen LogP contribution in [0.3, 0.4) is 0 Å². The van der Waals surface area contributed by atoms with Crippen LogP contribution >= 0.6 is 0 Å². The van der Waals surface area contributed by atoms with Crippen molar-refractivity contribution in [2.75, 3.05) is 18.5 Å². The van der Waals surface area contributed by atoms with Crippen LogP contribution in [0.1, 0.15) is 0 Å². The van der Waals surface area contributed by atoms with Crippen LogP contribution < -0.4 is 5.32 Å². The maximum atomic E-state index is 12.8. The Kier molecular flexibility index (Phi) is 3.29. The lowest BCUT2D eigenvalue weighted by molar-refractivity contribution is -0.0373. The molecular weight excluding hydrogens is 197 g/mol. The van der Waals surface area contributed by atoms with Crippen molar-refractivity contribution in [1.82, 2.24) is 4.98 Å². The number of pyridine rings is 1. The van der Waals surface area contributed by atoms with Crippen LogP contribution in [0.4, 0.5) is 19.0 Å². The maximum Gasteiger partial charge on any atom is 0.287 e. The first-order chi connectivity index (χ1) is 6.55. The Hall–Kier alpha value is -1.30. The largest absolute Gasteiger partial charge is 0.390 e. The number of hydrogen-bond acceptors (Lipinski definition) is 3.